The van der Waals surface area contributed by atoms with Crippen molar-refractivity contribution in [3.05, 3.63) is 47.8 Å². The number of ether oxygens (including phenoxy) is 1. The van der Waals surface area contributed by atoms with Gasteiger partial charge in [0.2, 0.25) is 0 Å². The largest absolute Gasteiger partial charge is 0.484 e. The first kappa shape index (κ1) is 15.5. The fourth-order valence-electron chi connectivity index (χ4n) is 2.17. The van der Waals surface area contributed by atoms with Crippen LogP contribution in [0.25, 0.3) is 0 Å². The second-order valence-corrected chi connectivity index (χ2v) is 5.18. The Bertz CT molecular complexity index is 581. The van der Waals surface area contributed by atoms with E-state index in [0.717, 1.165) is 17.8 Å². The van der Waals surface area contributed by atoms with Crippen molar-refractivity contribution >= 4 is 0 Å². The Morgan fingerprint density at radius 3 is 2.90 bits per heavy atom. The van der Waals surface area contributed by atoms with E-state index in [1.54, 1.807) is 18.6 Å². The third kappa shape index (κ3) is 3.82. The van der Waals surface area contributed by atoms with E-state index in [1.807, 2.05) is 17.6 Å². The first-order valence-electron chi connectivity index (χ1n) is 7.25. The zero-order chi connectivity index (χ0) is 15.2. The summed E-state index contributed by atoms with van der Waals surface area (Å²) in [5.41, 5.74) is 1.76. The molecule has 0 saturated heterocycles. The summed E-state index contributed by atoms with van der Waals surface area (Å²) in [6, 6.07) is 5.30. The van der Waals surface area contributed by atoms with Gasteiger partial charge in [-0.05, 0) is 26.5 Å². The minimum Gasteiger partial charge on any atom is -0.484 e. The summed E-state index contributed by atoms with van der Waals surface area (Å²) < 4.78 is 21.7. The molecule has 0 aliphatic carbocycles. The average Bonchev–Trinajstić information content (AvgIpc) is 2.92. The molecule has 0 bridgehead atoms. The highest BCUT2D eigenvalue weighted by atomic mass is 19.1. The van der Waals surface area contributed by atoms with Crippen molar-refractivity contribution in [3.8, 4) is 5.75 Å². The summed E-state index contributed by atoms with van der Waals surface area (Å²) in [5.74, 6) is -0.0176. The standard InChI is InChI=1S/C16H22FN3O/c1-4-18-8-13-6-5-7-15(17)16(13)21-10-14-9-19-11-20(14)12(2)3/h5-7,9,11-12,18H,4,8,10H2,1-3H3. The first-order valence-corrected chi connectivity index (χ1v) is 7.25. The number of para-hydroxylation sites is 1. The number of nitrogens with zero attached hydrogens (tertiary/aromatic N) is 2. The van der Waals surface area contributed by atoms with Gasteiger partial charge in [0.15, 0.2) is 11.6 Å². The Hall–Kier alpha value is -1.88. The van der Waals surface area contributed by atoms with Crippen molar-refractivity contribution in [2.24, 2.45) is 0 Å². The number of benzene rings is 1. The fourth-order valence-corrected chi connectivity index (χ4v) is 2.17. The molecule has 0 radical (unpaired) electrons. The normalized spacial score (nSPS) is 11.1. The lowest BCUT2D eigenvalue weighted by Crippen LogP contribution is -2.14. The Morgan fingerprint density at radius 1 is 1.38 bits per heavy atom. The van der Waals surface area contributed by atoms with Gasteiger partial charge < -0.3 is 14.6 Å². The van der Waals surface area contributed by atoms with Crippen LogP contribution < -0.4 is 10.1 Å². The monoisotopic (exact) mass is 291 g/mol. The lowest BCUT2D eigenvalue weighted by atomic mass is 10.2. The molecule has 2 aromatic rings. The highest BCUT2D eigenvalue weighted by molar-refractivity contribution is 5.35. The maximum absolute atomic E-state index is 14.0. The molecule has 0 amide bonds. The van der Waals surface area contributed by atoms with Crippen molar-refractivity contribution in [3.63, 3.8) is 0 Å². The van der Waals surface area contributed by atoms with Crippen molar-refractivity contribution in [1.29, 1.82) is 0 Å². The number of rotatable bonds is 7. The second-order valence-electron chi connectivity index (χ2n) is 5.18. The van der Waals surface area contributed by atoms with Crippen LogP contribution in [0.4, 0.5) is 4.39 Å². The maximum Gasteiger partial charge on any atom is 0.165 e. The third-order valence-electron chi connectivity index (χ3n) is 3.28. The van der Waals surface area contributed by atoms with Crippen LogP contribution >= 0.6 is 0 Å². The number of hydrogen-bond donors (Lipinski definition) is 1. The minimum absolute atomic E-state index is 0.299. The molecule has 5 heteroatoms. The molecule has 0 fully saturated rings. The van der Waals surface area contributed by atoms with Crippen LogP contribution in [0, 0.1) is 5.82 Å². The fraction of sp³-hybridized carbons (Fsp3) is 0.438. The van der Waals surface area contributed by atoms with E-state index in [1.165, 1.54) is 6.07 Å². The Kier molecular flexibility index (Phi) is 5.33. The summed E-state index contributed by atoms with van der Waals surface area (Å²) in [7, 11) is 0. The van der Waals surface area contributed by atoms with Gasteiger partial charge in [-0.25, -0.2) is 9.37 Å². The van der Waals surface area contributed by atoms with Crippen LogP contribution in [0.2, 0.25) is 0 Å². The smallest absolute Gasteiger partial charge is 0.165 e. The summed E-state index contributed by atoms with van der Waals surface area (Å²) in [4.78, 5) is 4.13. The van der Waals surface area contributed by atoms with E-state index in [4.69, 9.17) is 4.74 Å². The highest BCUT2D eigenvalue weighted by Gasteiger charge is 2.12. The van der Waals surface area contributed by atoms with Gasteiger partial charge in [0.05, 0.1) is 18.2 Å². The Morgan fingerprint density at radius 2 is 2.19 bits per heavy atom. The summed E-state index contributed by atoms with van der Waals surface area (Å²) >= 11 is 0. The van der Waals surface area contributed by atoms with Gasteiger partial charge in [0, 0.05) is 18.2 Å². The van der Waals surface area contributed by atoms with Crippen LogP contribution in [0.15, 0.2) is 30.7 Å². The van der Waals surface area contributed by atoms with Crippen molar-refractivity contribution in [2.75, 3.05) is 6.54 Å². The molecule has 0 aliphatic heterocycles. The summed E-state index contributed by atoms with van der Waals surface area (Å²) in [6.45, 7) is 7.89. The summed E-state index contributed by atoms with van der Waals surface area (Å²) in [6.07, 6.45) is 3.52. The van der Waals surface area contributed by atoms with Gasteiger partial charge in [0.25, 0.3) is 0 Å². The van der Waals surface area contributed by atoms with E-state index in [0.29, 0.717) is 24.9 Å². The van der Waals surface area contributed by atoms with E-state index >= 15 is 0 Å². The minimum atomic E-state index is -0.332. The zero-order valence-electron chi connectivity index (χ0n) is 12.8. The Balaban J connectivity index is 2.13. The average molecular weight is 291 g/mol. The molecule has 2 rings (SSSR count). The molecular formula is C16H22FN3O. The van der Waals surface area contributed by atoms with Crippen molar-refractivity contribution in [1.82, 2.24) is 14.9 Å². The van der Waals surface area contributed by atoms with Gasteiger partial charge in [-0.15, -0.1) is 0 Å². The predicted molar refractivity (Wildman–Crippen MR) is 80.7 cm³/mol. The quantitative estimate of drug-likeness (QED) is 0.851. The number of nitrogens with one attached hydrogen (secondary N) is 1. The van der Waals surface area contributed by atoms with E-state index < -0.39 is 0 Å². The highest BCUT2D eigenvalue weighted by Crippen LogP contribution is 2.24. The molecule has 1 heterocycles. The second kappa shape index (κ2) is 7.22. The Labute approximate surface area is 125 Å². The molecule has 0 unspecified atom stereocenters. The van der Waals surface area contributed by atoms with Gasteiger partial charge in [0.1, 0.15) is 6.61 Å². The van der Waals surface area contributed by atoms with Crippen LogP contribution in [-0.2, 0) is 13.2 Å². The molecule has 21 heavy (non-hydrogen) atoms. The van der Waals surface area contributed by atoms with Gasteiger partial charge in [-0.1, -0.05) is 19.1 Å². The first-order chi connectivity index (χ1) is 10.1. The number of aromatic nitrogens is 2. The predicted octanol–water partition coefficient (Wildman–Crippen LogP) is 3.29. The van der Waals surface area contributed by atoms with Crippen LogP contribution in [0.3, 0.4) is 0 Å². The molecule has 1 aromatic carbocycles. The molecule has 114 valence electrons. The van der Waals surface area contributed by atoms with Crippen molar-refractivity contribution < 1.29 is 9.13 Å². The van der Waals surface area contributed by atoms with Gasteiger partial charge in [-0.3, -0.25) is 0 Å². The maximum atomic E-state index is 14.0. The molecule has 0 aliphatic rings. The summed E-state index contributed by atoms with van der Waals surface area (Å²) in [5, 5.41) is 3.19. The molecule has 0 saturated carbocycles. The van der Waals surface area contributed by atoms with Crippen LogP contribution in [-0.4, -0.2) is 16.1 Å². The van der Waals surface area contributed by atoms with Gasteiger partial charge >= 0.3 is 0 Å². The number of hydrogen-bond acceptors (Lipinski definition) is 3. The lowest BCUT2D eigenvalue weighted by molar-refractivity contribution is 0.274. The molecule has 4 nitrogen and oxygen atoms in total. The number of halogens is 1. The molecule has 0 spiro atoms. The SMILES string of the molecule is CCNCc1cccc(F)c1OCc1cncn1C(C)C. The lowest BCUT2D eigenvalue weighted by Gasteiger charge is -2.15. The van der Waals surface area contributed by atoms with Crippen molar-refractivity contribution in [2.45, 2.75) is 40.0 Å². The molecule has 1 aromatic heterocycles. The molecular weight excluding hydrogens is 269 g/mol. The van der Waals surface area contributed by atoms with Crippen LogP contribution in [0.1, 0.15) is 38.1 Å². The topological polar surface area (TPSA) is 39.1 Å². The molecule has 1 N–H and O–H groups in total. The zero-order valence-corrected chi connectivity index (χ0v) is 12.8. The van der Waals surface area contributed by atoms with E-state index in [-0.39, 0.29) is 5.82 Å². The van der Waals surface area contributed by atoms with Crippen LogP contribution in [0.5, 0.6) is 5.75 Å². The van der Waals surface area contributed by atoms with E-state index in [2.05, 4.69) is 24.1 Å². The van der Waals surface area contributed by atoms with E-state index in [9.17, 15) is 4.39 Å². The number of imidazole rings is 1. The molecule has 0 atom stereocenters. The third-order valence-corrected chi connectivity index (χ3v) is 3.28. The van der Waals surface area contributed by atoms with Gasteiger partial charge in [-0.2, -0.15) is 0 Å².